The molecule has 1 aromatic carbocycles. The number of benzene rings is 1. The Labute approximate surface area is 109 Å². The monoisotopic (exact) mass is 255 g/mol. The molecular formula is C14H13N3O2. The van der Waals surface area contributed by atoms with E-state index >= 15 is 0 Å². The minimum absolute atomic E-state index is 0.170. The van der Waals surface area contributed by atoms with Crippen LogP contribution in [0.15, 0.2) is 41.3 Å². The third-order valence-corrected chi connectivity index (χ3v) is 3.10. The Morgan fingerprint density at radius 3 is 2.84 bits per heavy atom. The van der Waals surface area contributed by atoms with Crippen LogP contribution in [0.1, 0.15) is 5.56 Å². The average molecular weight is 255 g/mol. The summed E-state index contributed by atoms with van der Waals surface area (Å²) in [6, 6.07) is 9.38. The molecule has 2 heterocycles. The van der Waals surface area contributed by atoms with E-state index in [9.17, 15) is 4.79 Å². The Bertz CT molecular complexity index is 802. The lowest BCUT2D eigenvalue weighted by molar-refractivity contribution is 0.397. The second-order valence-corrected chi connectivity index (χ2v) is 4.30. The van der Waals surface area contributed by atoms with Crippen LogP contribution in [-0.2, 0) is 0 Å². The van der Waals surface area contributed by atoms with Crippen molar-refractivity contribution in [1.82, 2.24) is 14.5 Å². The molecule has 0 bridgehead atoms. The second kappa shape index (κ2) is 4.28. The van der Waals surface area contributed by atoms with Gasteiger partial charge in [0.25, 0.3) is 0 Å². The summed E-state index contributed by atoms with van der Waals surface area (Å²) in [5.74, 6) is 0.536. The van der Waals surface area contributed by atoms with Crippen LogP contribution in [0.2, 0.25) is 0 Å². The number of para-hydroxylation sites is 2. The van der Waals surface area contributed by atoms with Gasteiger partial charge in [-0.05, 0) is 24.6 Å². The quantitative estimate of drug-likeness (QED) is 0.762. The molecule has 0 saturated heterocycles. The summed E-state index contributed by atoms with van der Waals surface area (Å²) >= 11 is 0. The number of ether oxygens (including phenoxy) is 1. The van der Waals surface area contributed by atoms with E-state index in [1.54, 1.807) is 17.9 Å². The number of hydrogen-bond acceptors (Lipinski definition) is 3. The predicted molar refractivity (Wildman–Crippen MR) is 73.0 cm³/mol. The van der Waals surface area contributed by atoms with Crippen LogP contribution in [0.5, 0.6) is 5.88 Å². The fourth-order valence-corrected chi connectivity index (χ4v) is 2.16. The molecule has 3 aromatic rings. The lowest BCUT2D eigenvalue weighted by Gasteiger charge is -2.08. The number of imidazole rings is 1. The maximum atomic E-state index is 12.1. The summed E-state index contributed by atoms with van der Waals surface area (Å²) in [5.41, 5.74) is 3.16. The number of nitrogens with zero attached hydrogens (tertiary/aromatic N) is 2. The van der Waals surface area contributed by atoms with Gasteiger partial charge in [-0.15, -0.1) is 0 Å². The molecule has 3 rings (SSSR count). The van der Waals surface area contributed by atoms with Crippen LogP contribution in [-0.4, -0.2) is 21.6 Å². The maximum Gasteiger partial charge on any atom is 0.331 e. The van der Waals surface area contributed by atoms with Crippen molar-refractivity contribution in [2.45, 2.75) is 6.92 Å². The van der Waals surface area contributed by atoms with Gasteiger partial charge in [-0.2, -0.15) is 0 Å². The largest absolute Gasteiger partial charge is 0.481 e. The topological polar surface area (TPSA) is 59.9 Å². The molecule has 0 unspecified atom stereocenters. The molecule has 0 aliphatic rings. The van der Waals surface area contributed by atoms with Crippen molar-refractivity contribution in [3.05, 3.63) is 52.6 Å². The predicted octanol–water partition coefficient (Wildman–Crippen LogP) is 2.03. The molecule has 1 N–H and O–H groups in total. The van der Waals surface area contributed by atoms with Gasteiger partial charge in [-0.1, -0.05) is 12.1 Å². The third kappa shape index (κ3) is 1.79. The van der Waals surface area contributed by atoms with Crippen LogP contribution < -0.4 is 10.4 Å². The van der Waals surface area contributed by atoms with Crippen LogP contribution in [0.4, 0.5) is 0 Å². The van der Waals surface area contributed by atoms with E-state index in [4.69, 9.17) is 4.74 Å². The first kappa shape index (κ1) is 11.5. The molecular weight excluding hydrogens is 242 g/mol. The first-order valence-electron chi connectivity index (χ1n) is 5.91. The lowest BCUT2D eigenvalue weighted by Crippen LogP contribution is -2.15. The van der Waals surface area contributed by atoms with Gasteiger partial charge >= 0.3 is 5.69 Å². The highest BCUT2D eigenvalue weighted by Crippen LogP contribution is 2.20. The standard InChI is InChI=1S/C14H13N3O2/c1-9-7-13(19-2)15-8-12(9)17-11-6-4-3-5-10(11)16-14(17)18/h3-8H,1-2H3,(H,16,18). The van der Waals surface area contributed by atoms with Gasteiger partial charge in [-0.25, -0.2) is 9.78 Å². The van der Waals surface area contributed by atoms with Crippen molar-refractivity contribution < 1.29 is 4.74 Å². The second-order valence-electron chi connectivity index (χ2n) is 4.30. The number of pyridine rings is 1. The lowest BCUT2D eigenvalue weighted by atomic mass is 10.2. The van der Waals surface area contributed by atoms with E-state index in [0.29, 0.717) is 5.88 Å². The van der Waals surface area contributed by atoms with E-state index in [-0.39, 0.29) is 5.69 Å². The molecule has 5 heteroatoms. The summed E-state index contributed by atoms with van der Waals surface area (Å²) < 4.78 is 6.70. The van der Waals surface area contributed by atoms with E-state index in [2.05, 4.69) is 9.97 Å². The number of nitrogens with one attached hydrogen (secondary N) is 1. The Balaban J connectivity index is 2.30. The first-order chi connectivity index (χ1) is 9.20. The highest BCUT2D eigenvalue weighted by Gasteiger charge is 2.11. The van der Waals surface area contributed by atoms with Crippen LogP contribution >= 0.6 is 0 Å². The third-order valence-electron chi connectivity index (χ3n) is 3.10. The SMILES string of the molecule is COc1cc(C)c(-n2c(=O)[nH]c3ccccc32)cn1. The zero-order valence-electron chi connectivity index (χ0n) is 10.7. The van der Waals surface area contributed by atoms with Crippen LogP contribution in [0.25, 0.3) is 16.7 Å². The van der Waals surface area contributed by atoms with Gasteiger partial charge < -0.3 is 9.72 Å². The molecule has 0 radical (unpaired) electrons. The molecule has 0 fully saturated rings. The number of fused-ring (bicyclic) bond motifs is 1. The molecule has 0 aliphatic carbocycles. The Morgan fingerprint density at radius 2 is 2.11 bits per heavy atom. The summed E-state index contributed by atoms with van der Waals surface area (Å²) in [6.07, 6.45) is 1.65. The Kier molecular flexibility index (Phi) is 2.59. The molecule has 0 atom stereocenters. The summed E-state index contributed by atoms with van der Waals surface area (Å²) in [5, 5.41) is 0. The Hall–Kier alpha value is -2.56. The Morgan fingerprint density at radius 1 is 1.32 bits per heavy atom. The van der Waals surface area contributed by atoms with E-state index in [1.165, 1.54) is 0 Å². The van der Waals surface area contributed by atoms with Crippen LogP contribution in [0, 0.1) is 6.92 Å². The van der Waals surface area contributed by atoms with Crippen molar-refractivity contribution in [2.75, 3.05) is 7.11 Å². The normalized spacial score (nSPS) is 10.8. The minimum Gasteiger partial charge on any atom is -0.481 e. The van der Waals surface area contributed by atoms with Crippen molar-refractivity contribution >= 4 is 11.0 Å². The molecule has 0 saturated carbocycles. The van der Waals surface area contributed by atoms with Gasteiger partial charge in [0, 0.05) is 6.07 Å². The summed E-state index contributed by atoms with van der Waals surface area (Å²) in [7, 11) is 1.57. The fraction of sp³-hybridized carbons (Fsp3) is 0.143. The average Bonchev–Trinajstić information content (AvgIpc) is 2.75. The number of rotatable bonds is 2. The van der Waals surface area contributed by atoms with Crippen molar-refractivity contribution in [3.63, 3.8) is 0 Å². The van der Waals surface area contributed by atoms with Gasteiger partial charge in [0.05, 0.1) is 30.0 Å². The molecule has 5 nitrogen and oxygen atoms in total. The van der Waals surface area contributed by atoms with E-state index in [0.717, 1.165) is 22.3 Å². The molecule has 19 heavy (non-hydrogen) atoms. The number of hydrogen-bond donors (Lipinski definition) is 1. The number of methoxy groups -OCH3 is 1. The van der Waals surface area contributed by atoms with E-state index in [1.807, 2.05) is 37.3 Å². The first-order valence-corrected chi connectivity index (χ1v) is 5.91. The summed E-state index contributed by atoms with van der Waals surface area (Å²) in [4.78, 5) is 19.1. The molecule has 0 amide bonds. The molecule has 0 aliphatic heterocycles. The molecule has 96 valence electrons. The van der Waals surface area contributed by atoms with Crippen LogP contribution in [0.3, 0.4) is 0 Å². The van der Waals surface area contributed by atoms with Crippen molar-refractivity contribution in [1.29, 1.82) is 0 Å². The van der Waals surface area contributed by atoms with Gasteiger partial charge in [-0.3, -0.25) is 4.57 Å². The smallest absolute Gasteiger partial charge is 0.331 e. The van der Waals surface area contributed by atoms with Gasteiger partial charge in [0.15, 0.2) is 0 Å². The van der Waals surface area contributed by atoms with Gasteiger partial charge in [0.1, 0.15) is 0 Å². The summed E-state index contributed by atoms with van der Waals surface area (Å²) in [6.45, 7) is 1.92. The highest BCUT2D eigenvalue weighted by atomic mass is 16.5. The zero-order chi connectivity index (χ0) is 13.4. The fourth-order valence-electron chi connectivity index (χ4n) is 2.16. The van der Waals surface area contributed by atoms with Gasteiger partial charge in [0.2, 0.25) is 5.88 Å². The zero-order valence-corrected chi connectivity index (χ0v) is 10.7. The number of aromatic amines is 1. The molecule has 0 spiro atoms. The number of aromatic nitrogens is 3. The minimum atomic E-state index is -0.170. The highest BCUT2D eigenvalue weighted by molar-refractivity contribution is 5.77. The molecule has 2 aromatic heterocycles. The van der Waals surface area contributed by atoms with E-state index < -0.39 is 0 Å². The van der Waals surface area contributed by atoms with Crippen molar-refractivity contribution in [3.8, 4) is 11.6 Å². The number of H-pyrrole nitrogens is 1. The number of aryl methyl sites for hydroxylation is 1. The van der Waals surface area contributed by atoms with Crippen molar-refractivity contribution in [2.24, 2.45) is 0 Å². The maximum absolute atomic E-state index is 12.1.